The normalized spacial score (nSPS) is 20.2. The average Bonchev–Trinajstić information content (AvgIpc) is 3.21. The molecule has 2 N–H and O–H groups in total. The summed E-state index contributed by atoms with van der Waals surface area (Å²) < 4.78 is 84.3. The zero-order valence-corrected chi connectivity index (χ0v) is 21.3. The lowest BCUT2D eigenvalue weighted by molar-refractivity contribution is 0.107. The van der Waals surface area contributed by atoms with E-state index in [1.807, 2.05) is 0 Å². The van der Waals surface area contributed by atoms with Crippen LogP contribution in [0.2, 0.25) is 0 Å². The summed E-state index contributed by atoms with van der Waals surface area (Å²) in [5, 5.41) is 0.638. The molecule has 0 spiro atoms. The molecule has 198 valence electrons. The zero-order chi connectivity index (χ0) is 26.9. The van der Waals surface area contributed by atoms with E-state index < -0.39 is 57.5 Å². The number of hydrogen-bond acceptors (Lipinski definition) is 4. The molecule has 0 radical (unpaired) electrons. The highest BCUT2D eigenvalue weighted by Gasteiger charge is 2.31. The van der Waals surface area contributed by atoms with Crippen molar-refractivity contribution in [3.05, 3.63) is 76.2 Å². The molecule has 1 aromatic carbocycles. The molecular formula is C26H27F4N3O3S. The third-order valence-corrected chi connectivity index (χ3v) is 7.69. The number of aromatic amines is 1. The van der Waals surface area contributed by atoms with Crippen LogP contribution in [0.15, 0.2) is 53.5 Å². The molecule has 0 saturated heterocycles. The minimum Gasteiger partial charge on any atom is -0.487 e. The largest absolute Gasteiger partial charge is 0.487 e. The van der Waals surface area contributed by atoms with Crippen molar-refractivity contribution in [2.24, 2.45) is 5.92 Å². The highest BCUT2D eigenvalue weighted by atomic mass is 32.2. The summed E-state index contributed by atoms with van der Waals surface area (Å²) in [5.41, 5.74) is 0.511. The standard InChI is InChI=1S/C26H27F4N3O3S/c1-14-7-17(28)9-23(25(14)35-3)37(4,34)33-22-6-5-21(29)20(24(22)30)13-36-18-10-19-16(8-15(2)27)11-31-26(19)32-12-18/h5-7,9-12,14-15,25H,4,8,13H2,1-3H3,(H,31,32)(H,33,34). The molecule has 0 bridgehead atoms. The second kappa shape index (κ2) is 10.6. The number of nitrogens with one attached hydrogen (secondary N) is 2. The van der Waals surface area contributed by atoms with Crippen molar-refractivity contribution in [3.8, 4) is 5.75 Å². The summed E-state index contributed by atoms with van der Waals surface area (Å²) >= 11 is 0. The lowest BCUT2D eigenvalue weighted by atomic mass is 9.99. The molecule has 4 atom stereocenters. The van der Waals surface area contributed by atoms with Crippen LogP contribution in [0.3, 0.4) is 0 Å². The highest BCUT2D eigenvalue weighted by molar-refractivity contribution is 8.05. The van der Waals surface area contributed by atoms with Gasteiger partial charge in [0.1, 0.15) is 35.8 Å². The van der Waals surface area contributed by atoms with Crippen LogP contribution >= 0.6 is 0 Å². The first-order valence-electron chi connectivity index (χ1n) is 11.5. The fraction of sp³-hybridized carbons (Fsp3) is 0.308. The summed E-state index contributed by atoms with van der Waals surface area (Å²) in [7, 11) is -2.07. The summed E-state index contributed by atoms with van der Waals surface area (Å²) in [6, 6.07) is 3.69. The van der Waals surface area contributed by atoms with Gasteiger partial charge in [0.2, 0.25) is 0 Å². The fourth-order valence-electron chi connectivity index (χ4n) is 4.27. The molecule has 0 amide bonds. The molecule has 11 heteroatoms. The number of pyridine rings is 1. The molecule has 4 rings (SSSR count). The topological polar surface area (TPSA) is 76.2 Å². The van der Waals surface area contributed by atoms with Gasteiger partial charge in [-0.1, -0.05) is 6.92 Å². The molecule has 4 unspecified atom stereocenters. The van der Waals surface area contributed by atoms with Crippen LogP contribution in [0, 0.1) is 17.6 Å². The number of alkyl halides is 1. The maximum atomic E-state index is 15.3. The number of fused-ring (bicyclic) bond motifs is 1. The molecule has 2 aromatic heterocycles. The predicted molar refractivity (Wildman–Crippen MR) is 137 cm³/mol. The molecule has 2 heterocycles. The molecule has 0 aliphatic heterocycles. The van der Waals surface area contributed by atoms with Gasteiger partial charge in [0.15, 0.2) is 5.82 Å². The number of methoxy groups -OCH3 is 1. The monoisotopic (exact) mass is 537 g/mol. The number of benzene rings is 1. The highest BCUT2D eigenvalue weighted by Crippen LogP contribution is 2.32. The number of H-pyrrole nitrogens is 1. The number of rotatable bonds is 9. The molecule has 37 heavy (non-hydrogen) atoms. The van der Waals surface area contributed by atoms with E-state index in [1.54, 1.807) is 19.2 Å². The van der Waals surface area contributed by atoms with Crippen LogP contribution in [-0.4, -0.2) is 39.4 Å². The van der Waals surface area contributed by atoms with Crippen molar-refractivity contribution in [1.29, 1.82) is 0 Å². The van der Waals surface area contributed by atoms with Gasteiger partial charge in [-0.05, 0) is 48.7 Å². The van der Waals surface area contributed by atoms with Crippen molar-refractivity contribution in [2.45, 2.75) is 39.2 Å². The number of ether oxygens (including phenoxy) is 2. The van der Waals surface area contributed by atoms with E-state index >= 15 is 4.39 Å². The maximum Gasteiger partial charge on any atom is 0.156 e. The van der Waals surface area contributed by atoms with Gasteiger partial charge in [-0.15, -0.1) is 0 Å². The SMILES string of the molecule is C=S(=O)(Nc1ccc(F)c(COc2cnc3[nH]cc(CC(C)F)c3c2)c1F)C1=CC(F)=CC(C)C1OC. The van der Waals surface area contributed by atoms with Crippen LogP contribution in [0.1, 0.15) is 25.0 Å². The van der Waals surface area contributed by atoms with Gasteiger partial charge in [0.05, 0.1) is 38.2 Å². The van der Waals surface area contributed by atoms with Gasteiger partial charge >= 0.3 is 0 Å². The summed E-state index contributed by atoms with van der Waals surface area (Å²) in [4.78, 5) is 7.18. The van der Waals surface area contributed by atoms with Gasteiger partial charge in [-0.3, -0.25) is 0 Å². The Bertz CT molecular complexity index is 1480. The molecule has 0 saturated carbocycles. The third kappa shape index (κ3) is 5.67. The third-order valence-electron chi connectivity index (χ3n) is 6.03. The van der Waals surface area contributed by atoms with Crippen LogP contribution in [0.25, 0.3) is 11.0 Å². The van der Waals surface area contributed by atoms with Gasteiger partial charge in [-0.25, -0.2) is 26.8 Å². The first kappa shape index (κ1) is 26.7. The van der Waals surface area contributed by atoms with E-state index in [-0.39, 0.29) is 22.8 Å². The quantitative estimate of drug-likeness (QED) is 0.269. The van der Waals surface area contributed by atoms with Gasteiger partial charge in [-0.2, -0.15) is 0 Å². The van der Waals surface area contributed by atoms with E-state index in [9.17, 15) is 17.4 Å². The minimum atomic E-state index is -3.46. The van der Waals surface area contributed by atoms with Crippen molar-refractivity contribution < 1.29 is 31.2 Å². The Morgan fingerprint density at radius 2 is 2.05 bits per heavy atom. The Hall–Kier alpha value is -3.31. The van der Waals surface area contributed by atoms with Crippen LogP contribution < -0.4 is 9.46 Å². The molecule has 6 nitrogen and oxygen atoms in total. The maximum absolute atomic E-state index is 15.3. The zero-order valence-electron chi connectivity index (χ0n) is 20.5. The number of hydrogen-bond donors (Lipinski definition) is 2. The van der Waals surface area contributed by atoms with E-state index in [0.717, 1.165) is 18.2 Å². The van der Waals surface area contributed by atoms with E-state index in [2.05, 4.69) is 20.6 Å². The Morgan fingerprint density at radius 3 is 2.76 bits per heavy atom. The average molecular weight is 538 g/mol. The molecule has 1 aliphatic carbocycles. The van der Waals surface area contributed by atoms with Gasteiger partial charge in [0, 0.05) is 31.0 Å². The van der Waals surface area contributed by atoms with E-state index in [4.69, 9.17) is 9.47 Å². The Kier molecular flexibility index (Phi) is 7.65. The van der Waals surface area contributed by atoms with Gasteiger partial charge < -0.3 is 19.2 Å². The van der Waals surface area contributed by atoms with Gasteiger partial charge in [0.25, 0.3) is 0 Å². The Balaban J connectivity index is 1.57. The number of aromatic nitrogens is 2. The molecule has 0 fully saturated rings. The second-order valence-corrected chi connectivity index (χ2v) is 11.0. The molecule has 3 aromatic rings. The smallest absolute Gasteiger partial charge is 0.156 e. The molecular weight excluding hydrogens is 510 g/mol. The number of allylic oxidation sites excluding steroid dienone is 2. The van der Waals surface area contributed by atoms with E-state index in [0.29, 0.717) is 16.6 Å². The van der Waals surface area contributed by atoms with Crippen molar-refractivity contribution >= 4 is 32.3 Å². The van der Waals surface area contributed by atoms with Crippen molar-refractivity contribution in [1.82, 2.24) is 9.97 Å². The lowest BCUT2D eigenvalue weighted by Crippen LogP contribution is -2.31. The van der Waals surface area contributed by atoms with Crippen LogP contribution in [0.4, 0.5) is 23.2 Å². The minimum absolute atomic E-state index is 0.0216. The first-order valence-corrected chi connectivity index (χ1v) is 13.2. The second-order valence-electron chi connectivity index (χ2n) is 8.93. The van der Waals surface area contributed by atoms with Crippen molar-refractivity contribution in [3.63, 3.8) is 0 Å². The molecule has 1 aliphatic rings. The van der Waals surface area contributed by atoms with Crippen molar-refractivity contribution in [2.75, 3.05) is 11.8 Å². The number of anilines is 1. The fourth-order valence-corrected chi connectivity index (χ4v) is 5.89. The number of nitrogens with zero attached hydrogens (tertiary/aromatic N) is 1. The Labute approximate surface area is 212 Å². The van der Waals surface area contributed by atoms with E-state index in [1.165, 1.54) is 26.3 Å². The first-order chi connectivity index (χ1) is 17.5. The summed E-state index contributed by atoms with van der Waals surface area (Å²) in [5.74, 6) is 0.908. The van der Waals surface area contributed by atoms with Crippen LogP contribution in [0.5, 0.6) is 5.75 Å². The number of halogens is 4. The summed E-state index contributed by atoms with van der Waals surface area (Å²) in [6.07, 6.45) is 3.76. The predicted octanol–water partition coefficient (Wildman–Crippen LogP) is 5.77. The Morgan fingerprint density at radius 1 is 1.30 bits per heavy atom. The van der Waals surface area contributed by atoms with Crippen LogP contribution in [-0.2, 0) is 27.5 Å². The summed E-state index contributed by atoms with van der Waals surface area (Å²) in [6.45, 7) is 2.62. The lowest BCUT2D eigenvalue weighted by Gasteiger charge is -2.29.